The zero-order valence-electron chi connectivity index (χ0n) is 10.4. The minimum atomic E-state index is -0.363. The van der Waals surface area contributed by atoms with Crippen molar-refractivity contribution in [3.05, 3.63) is 35.6 Å². The van der Waals surface area contributed by atoms with E-state index >= 15 is 0 Å². The molecule has 3 nitrogen and oxygen atoms in total. The van der Waals surface area contributed by atoms with Crippen LogP contribution < -0.4 is 5.32 Å². The molecule has 1 amide bonds. The van der Waals surface area contributed by atoms with Gasteiger partial charge in [-0.05, 0) is 38.1 Å². The van der Waals surface area contributed by atoms with E-state index in [-0.39, 0.29) is 24.1 Å². The predicted octanol–water partition coefficient (Wildman–Crippen LogP) is 2.07. The summed E-state index contributed by atoms with van der Waals surface area (Å²) in [6.45, 7) is 1.46. The lowest BCUT2D eigenvalue weighted by Crippen LogP contribution is -2.46. The molecule has 1 heterocycles. The fourth-order valence-corrected chi connectivity index (χ4v) is 2.20. The Morgan fingerprint density at radius 1 is 1.50 bits per heavy atom. The highest BCUT2D eigenvalue weighted by Gasteiger charge is 2.23. The molecule has 1 aromatic rings. The number of nitrogens with one attached hydrogen (secondary N) is 1. The van der Waals surface area contributed by atoms with E-state index in [0.29, 0.717) is 18.2 Å². The number of nitrogens with zero attached hydrogens (tertiary/aromatic N) is 1. The topological polar surface area (TPSA) is 32.3 Å². The van der Waals surface area contributed by atoms with Crippen LogP contribution in [0, 0.1) is 5.82 Å². The molecule has 100 valence electrons. The Morgan fingerprint density at radius 2 is 2.28 bits per heavy atom. The molecule has 0 radical (unpaired) electrons. The van der Waals surface area contributed by atoms with Gasteiger partial charge in [-0.2, -0.15) is 0 Å². The molecule has 0 spiro atoms. The van der Waals surface area contributed by atoms with Gasteiger partial charge in [-0.3, -0.25) is 4.79 Å². The van der Waals surface area contributed by atoms with E-state index in [0.717, 1.165) is 19.4 Å². The standard InChI is InChI=1S/C13H17FN2O.ClH/c1-15-12-6-3-7-16(9-12)13(17)10-4-2-5-11(14)8-10;/h2,4-5,8,12,15H,3,6-7,9H2,1H3;1H/t12-;/m1./s1. The summed E-state index contributed by atoms with van der Waals surface area (Å²) in [5.74, 6) is -0.442. The number of piperidine rings is 1. The van der Waals surface area contributed by atoms with Crippen molar-refractivity contribution in [2.24, 2.45) is 0 Å². The van der Waals surface area contributed by atoms with Crippen LogP contribution >= 0.6 is 12.4 Å². The Balaban J connectivity index is 0.00000162. The summed E-state index contributed by atoms with van der Waals surface area (Å²) in [7, 11) is 1.90. The van der Waals surface area contributed by atoms with E-state index in [1.165, 1.54) is 12.1 Å². The van der Waals surface area contributed by atoms with Crippen LogP contribution in [-0.4, -0.2) is 37.0 Å². The quantitative estimate of drug-likeness (QED) is 0.894. The Kier molecular flexibility index (Phi) is 5.56. The predicted molar refractivity (Wildman–Crippen MR) is 71.6 cm³/mol. The Bertz CT molecular complexity index is 414. The van der Waals surface area contributed by atoms with E-state index in [9.17, 15) is 9.18 Å². The summed E-state index contributed by atoms with van der Waals surface area (Å²) in [5, 5.41) is 3.18. The third-order valence-corrected chi connectivity index (χ3v) is 3.19. The molecule has 0 aromatic heterocycles. The number of carbonyl (C=O) groups is 1. The maximum atomic E-state index is 13.1. The van der Waals surface area contributed by atoms with E-state index in [1.807, 2.05) is 7.05 Å². The fourth-order valence-electron chi connectivity index (χ4n) is 2.20. The van der Waals surface area contributed by atoms with Crippen molar-refractivity contribution < 1.29 is 9.18 Å². The summed E-state index contributed by atoms with van der Waals surface area (Å²) in [5.41, 5.74) is 0.432. The Morgan fingerprint density at radius 3 is 2.94 bits per heavy atom. The number of carbonyl (C=O) groups excluding carboxylic acids is 1. The van der Waals surface area contributed by atoms with Crippen molar-refractivity contribution in [1.82, 2.24) is 10.2 Å². The molecular weight excluding hydrogens is 255 g/mol. The number of hydrogen-bond donors (Lipinski definition) is 1. The molecule has 5 heteroatoms. The maximum Gasteiger partial charge on any atom is 0.254 e. The molecule has 1 aliphatic rings. The fraction of sp³-hybridized carbons (Fsp3) is 0.462. The van der Waals surface area contributed by atoms with Gasteiger partial charge in [0.25, 0.3) is 5.91 Å². The SMILES string of the molecule is CN[C@@H]1CCCN(C(=O)c2cccc(F)c2)C1.Cl. The number of halogens is 2. The molecule has 0 bridgehead atoms. The van der Waals surface area contributed by atoms with Gasteiger partial charge in [0.05, 0.1) is 0 Å². The van der Waals surface area contributed by atoms with Gasteiger partial charge in [-0.15, -0.1) is 12.4 Å². The molecule has 0 unspecified atom stereocenters. The van der Waals surface area contributed by atoms with E-state index in [2.05, 4.69) is 5.32 Å². The molecule has 0 aliphatic carbocycles. The van der Waals surface area contributed by atoms with Gasteiger partial charge >= 0.3 is 0 Å². The van der Waals surface area contributed by atoms with Crippen molar-refractivity contribution in [3.8, 4) is 0 Å². The lowest BCUT2D eigenvalue weighted by atomic mass is 10.0. The molecule has 0 saturated carbocycles. The molecule has 1 saturated heterocycles. The van der Waals surface area contributed by atoms with Crippen molar-refractivity contribution in [2.45, 2.75) is 18.9 Å². The zero-order valence-corrected chi connectivity index (χ0v) is 11.2. The summed E-state index contributed by atoms with van der Waals surface area (Å²) in [6, 6.07) is 6.23. The van der Waals surface area contributed by atoms with Crippen LogP contribution in [0.25, 0.3) is 0 Å². The van der Waals surface area contributed by atoms with Crippen LogP contribution in [0.1, 0.15) is 23.2 Å². The van der Waals surface area contributed by atoms with E-state index < -0.39 is 0 Å². The lowest BCUT2D eigenvalue weighted by molar-refractivity contribution is 0.0697. The summed E-state index contributed by atoms with van der Waals surface area (Å²) in [4.78, 5) is 13.9. The number of likely N-dealkylation sites (N-methyl/N-ethyl adjacent to an activating group) is 1. The minimum Gasteiger partial charge on any atom is -0.337 e. The molecule has 1 aliphatic heterocycles. The molecular formula is C13H18ClFN2O. The Hall–Kier alpha value is -1.13. The van der Waals surface area contributed by atoms with Crippen molar-refractivity contribution in [1.29, 1.82) is 0 Å². The van der Waals surface area contributed by atoms with E-state index in [1.54, 1.807) is 17.0 Å². The second-order valence-electron chi connectivity index (χ2n) is 4.39. The number of hydrogen-bond acceptors (Lipinski definition) is 2. The average molecular weight is 273 g/mol. The summed E-state index contributed by atoms with van der Waals surface area (Å²) in [6.07, 6.45) is 2.08. The van der Waals surface area contributed by atoms with Crippen LogP contribution in [0.2, 0.25) is 0 Å². The highest BCUT2D eigenvalue weighted by atomic mass is 35.5. The third kappa shape index (κ3) is 3.43. The van der Waals surface area contributed by atoms with Crippen LogP contribution in [0.15, 0.2) is 24.3 Å². The van der Waals surface area contributed by atoms with Gasteiger partial charge in [0, 0.05) is 24.7 Å². The van der Waals surface area contributed by atoms with Gasteiger partial charge in [0.1, 0.15) is 5.82 Å². The normalized spacial score (nSPS) is 19.2. The average Bonchev–Trinajstić information content (AvgIpc) is 2.38. The first-order valence-corrected chi connectivity index (χ1v) is 5.93. The number of rotatable bonds is 2. The lowest BCUT2D eigenvalue weighted by Gasteiger charge is -2.32. The van der Waals surface area contributed by atoms with Crippen LogP contribution in [0.4, 0.5) is 4.39 Å². The Labute approximate surface area is 113 Å². The van der Waals surface area contributed by atoms with Gasteiger partial charge < -0.3 is 10.2 Å². The monoisotopic (exact) mass is 272 g/mol. The number of benzene rings is 1. The smallest absolute Gasteiger partial charge is 0.254 e. The van der Waals surface area contributed by atoms with Crippen molar-refractivity contribution in [2.75, 3.05) is 20.1 Å². The van der Waals surface area contributed by atoms with Gasteiger partial charge in [0.2, 0.25) is 0 Å². The molecule has 1 fully saturated rings. The highest BCUT2D eigenvalue weighted by Crippen LogP contribution is 2.14. The van der Waals surface area contributed by atoms with Crippen LogP contribution in [0.5, 0.6) is 0 Å². The second kappa shape index (κ2) is 6.71. The molecule has 1 aromatic carbocycles. The van der Waals surface area contributed by atoms with Crippen LogP contribution in [-0.2, 0) is 0 Å². The highest BCUT2D eigenvalue weighted by molar-refractivity contribution is 5.94. The summed E-state index contributed by atoms with van der Waals surface area (Å²) < 4.78 is 13.1. The van der Waals surface area contributed by atoms with Crippen molar-refractivity contribution >= 4 is 18.3 Å². The number of amides is 1. The number of likely N-dealkylation sites (tertiary alicyclic amines) is 1. The zero-order chi connectivity index (χ0) is 12.3. The molecule has 2 rings (SSSR count). The molecule has 1 N–H and O–H groups in total. The van der Waals surface area contributed by atoms with E-state index in [4.69, 9.17) is 0 Å². The van der Waals surface area contributed by atoms with Crippen molar-refractivity contribution in [3.63, 3.8) is 0 Å². The van der Waals surface area contributed by atoms with Gasteiger partial charge in [-0.1, -0.05) is 6.07 Å². The molecule has 1 atom stereocenters. The third-order valence-electron chi connectivity index (χ3n) is 3.19. The minimum absolute atomic E-state index is 0. The second-order valence-corrected chi connectivity index (χ2v) is 4.39. The summed E-state index contributed by atoms with van der Waals surface area (Å²) >= 11 is 0. The first kappa shape index (κ1) is 14.9. The molecule has 18 heavy (non-hydrogen) atoms. The first-order valence-electron chi connectivity index (χ1n) is 5.93. The van der Waals surface area contributed by atoms with Crippen LogP contribution in [0.3, 0.4) is 0 Å². The first-order chi connectivity index (χ1) is 8.20. The maximum absolute atomic E-state index is 13.1. The van der Waals surface area contributed by atoms with Gasteiger partial charge in [0.15, 0.2) is 0 Å². The van der Waals surface area contributed by atoms with Gasteiger partial charge in [-0.25, -0.2) is 4.39 Å². The largest absolute Gasteiger partial charge is 0.337 e.